The van der Waals surface area contributed by atoms with E-state index in [0.717, 1.165) is 11.3 Å². The Morgan fingerprint density at radius 3 is 2.70 bits per heavy atom. The third-order valence-corrected chi connectivity index (χ3v) is 4.14. The largest absolute Gasteiger partial charge is 0.471 e. The maximum Gasteiger partial charge on any atom is 0.471 e. The van der Waals surface area contributed by atoms with Gasteiger partial charge < -0.3 is 0 Å². The molecule has 1 amide bonds. The van der Waals surface area contributed by atoms with E-state index in [1.807, 2.05) is 0 Å². The summed E-state index contributed by atoms with van der Waals surface area (Å²) in [5, 5.41) is 7.96. The number of rotatable bonds is 2. The van der Waals surface area contributed by atoms with Crippen LogP contribution in [0.5, 0.6) is 0 Å². The Kier molecular flexibility index (Phi) is 3.95. The number of thiazole rings is 1. The number of anilines is 1. The molecule has 3 aromatic rings. The average molecular weight is 381 g/mol. The SMILES string of the molecule is O=C(Nc1nc2scc(-c3ccc(Cl)cc3Cl)n2n1)C(F)(F)F. The number of amides is 1. The lowest BCUT2D eigenvalue weighted by molar-refractivity contribution is -0.167. The molecule has 0 radical (unpaired) electrons. The van der Waals surface area contributed by atoms with Crippen molar-refractivity contribution >= 4 is 51.4 Å². The van der Waals surface area contributed by atoms with E-state index in [0.29, 0.717) is 26.3 Å². The van der Waals surface area contributed by atoms with Crippen LogP contribution in [0, 0.1) is 0 Å². The van der Waals surface area contributed by atoms with Crippen LogP contribution in [0.25, 0.3) is 16.2 Å². The Morgan fingerprint density at radius 1 is 1.30 bits per heavy atom. The minimum Gasteiger partial charge on any atom is -0.285 e. The predicted molar refractivity (Wildman–Crippen MR) is 81.0 cm³/mol. The van der Waals surface area contributed by atoms with Gasteiger partial charge in [-0.25, -0.2) is 4.52 Å². The fraction of sp³-hybridized carbons (Fsp3) is 0.0833. The first-order valence-electron chi connectivity index (χ1n) is 5.93. The number of carbonyl (C=O) groups excluding carboxylic acids is 1. The molecule has 0 spiro atoms. The fourth-order valence-corrected chi connectivity index (χ4v) is 3.12. The second kappa shape index (κ2) is 5.66. The van der Waals surface area contributed by atoms with Gasteiger partial charge in [-0.05, 0) is 18.2 Å². The van der Waals surface area contributed by atoms with Crippen LogP contribution in [0.4, 0.5) is 19.1 Å². The van der Waals surface area contributed by atoms with E-state index in [2.05, 4.69) is 10.1 Å². The van der Waals surface area contributed by atoms with E-state index in [1.54, 1.807) is 22.8 Å². The van der Waals surface area contributed by atoms with Crippen molar-refractivity contribution in [2.45, 2.75) is 6.18 Å². The molecule has 3 rings (SSSR count). The number of aromatic nitrogens is 3. The molecule has 23 heavy (non-hydrogen) atoms. The lowest BCUT2D eigenvalue weighted by Crippen LogP contribution is -2.30. The summed E-state index contributed by atoms with van der Waals surface area (Å²) < 4.78 is 38.0. The van der Waals surface area contributed by atoms with Gasteiger partial charge in [0.25, 0.3) is 5.95 Å². The van der Waals surface area contributed by atoms with Gasteiger partial charge >= 0.3 is 12.1 Å². The molecule has 0 saturated heterocycles. The summed E-state index contributed by atoms with van der Waals surface area (Å²) in [7, 11) is 0. The maximum atomic E-state index is 12.2. The highest BCUT2D eigenvalue weighted by Gasteiger charge is 2.39. The number of benzene rings is 1. The molecule has 2 heterocycles. The van der Waals surface area contributed by atoms with Crippen LogP contribution in [-0.4, -0.2) is 26.7 Å². The molecule has 0 aliphatic rings. The Balaban J connectivity index is 1.99. The van der Waals surface area contributed by atoms with Gasteiger partial charge in [0.15, 0.2) is 0 Å². The fourth-order valence-electron chi connectivity index (χ4n) is 1.79. The normalized spacial score (nSPS) is 11.9. The van der Waals surface area contributed by atoms with Gasteiger partial charge in [0, 0.05) is 16.0 Å². The monoisotopic (exact) mass is 380 g/mol. The molecule has 11 heteroatoms. The minimum atomic E-state index is -5.01. The zero-order valence-electron chi connectivity index (χ0n) is 10.9. The number of carbonyl (C=O) groups is 1. The molecule has 0 aliphatic carbocycles. The van der Waals surface area contributed by atoms with Gasteiger partial charge in [0.2, 0.25) is 4.96 Å². The van der Waals surface area contributed by atoms with E-state index in [4.69, 9.17) is 23.2 Å². The van der Waals surface area contributed by atoms with Crippen molar-refractivity contribution in [3.05, 3.63) is 33.6 Å². The topological polar surface area (TPSA) is 59.3 Å². The summed E-state index contributed by atoms with van der Waals surface area (Å²) in [5.41, 5.74) is 1.10. The van der Waals surface area contributed by atoms with Crippen molar-refractivity contribution in [1.82, 2.24) is 14.6 Å². The first-order chi connectivity index (χ1) is 10.8. The van der Waals surface area contributed by atoms with Gasteiger partial charge in [-0.1, -0.05) is 23.2 Å². The van der Waals surface area contributed by atoms with Gasteiger partial charge in [0.05, 0.1) is 10.7 Å². The zero-order valence-corrected chi connectivity index (χ0v) is 13.2. The summed E-state index contributed by atoms with van der Waals surface area (Å²) in [6.45, 7) is 0. The Hall–Kier alpha value is -1.84. The van der Waals surface area contributed by atoms with Crippen LogP contribution < -0.4 is 5.32 Å². The van der Waals surface area contributed by atoms with Crippen LogP contribution in [0.2, 0.25) is 10.0 Å². The molecule has 2 aromatic heterocycles. The lowest BCUT2D eigenvalue weighted by atomic mass is 10.2. The van der Waals surface area contributed by atoms with Crippen LogP contribution in [0.15, 0.2) is 23.6 Å². The summed E-state index contributed by atoms with van der Waals surface area (Å²) in [4.78, 5) is 15.1. The minimum absolute atomic E-state index is 0.309. The molecular formula is C12H5Cl2F3N4OS. The number of hydrogen-bond donors (Lipinski definition) is 1. The molecule has 1 N–H and O–H groups in total. The average Bonchev–Trinajstić information content (AvgIpc) is 2.98. The molecule has 120 valence electrons. The number of alkyl halides is 3. The highest BCUT2D eigenvalue weighted by molar-refractivity contribution is 7.15. The lowest BCUT2D eigenvalue weighted by Gasteiger charge is -2.04. The van der Waals surface area contributed by atoms with Crippen LogP contribution >= 0.6 is 34.5 Å². The van der Waals surface area contributed by atoms with Gasteiger partial charge in [0.1, 0.15) is 0 Å². The standard InChI is InChI=1S/C12H5Cl2F3N4OS/c13-5-1-2-6(7(14)3-5)8-4-23-11-19-10(20-21(8)11)18-9(22)12(15,16)17/h1-4H,(H,18,20,22). The Labute approximate surface area is 140 Å². The summed E-state index contributed by atoms with van der Waals surface area (Å²) in [5.74, 6) is -2.58. The second-order valence-electron chi connectivity index (χ2n) is 4.33. The van der Waals surface area contributed by atoms with Crippen molar-refractivity contribution in [3.63, 3.8) is 0 Å². The number of hydrogen-bond acceptors (Lipinski definition) is 4. The van der Waals surface area contributed by atoms with E-state index >= 15 is 0 Å². The van der Waals surface area contributed by atoms with Crippen molar-refractivity contribution in [2.24, 2.45) is 0 Å². The van der Waals surface area contributed by atoms with Crippen LogP contribution in [0.3, 0.4) is 0 Å². The molecule has 0 saturated carbocycles. The smallest absolute Gasteiger partial charge is 0.285 e. The van der Waals surface area contributed by atoms with Crippen molar-refractivity contribution < 1.29 is 18.0 Å². The number of nitrogens with one attached hydrogen (secondary N) is 1. The van der Waals surface area contributed by atoms with E-state index in [1.165, 1.54) is 10.6 Å². The third-order valence-electron chi connectivity index (χ3n) is 2.77. The molecule has 0 bridgehead atoms. The van der Waals surface area contributed by atoms with Crippen LogP contribution in [0.1, 0.15) is 0 Å². The summed E-state index contributed by atoms with van der Waals surface area (Å²) >= 11 is 13.1. The number of nitrogens with zero attached hydrogens (tertiary/aromatic N) is 3. The summed E-state index contributed by atoms with van der Waals surface area (Å²) in [6, 6.07) is 4.81. The van der Waals surface area contributed by atoms with Crippen LogP contribution in [-0.2, 0) is 4.79 Å². The van der Waals surface area contributed by atoms with Gasteiger partial charge in [-0.15, -0.1) is 16.4 Å². The number of fused-ring (bicyclic) bond motifs is 1. The molecule has 5 nitrogen and oxygen atoms in total. The maximum absolute atomic E-state index is 12.2. The second-order valence-corrected chi connectivity index (χ2v) is 6.01. The first-order valence-corrected chi connectivity index (χ1v) is 7.57. The van der Waals surface area contributed by atoms with Crippen molar-refractivity contribution in [1.29, 1.82) is 0 Å². The highest BCUT2D eigenvalue weighted by Crippen LogP contribution is 2.33. The van der Waals surface area contributed by atoms with Gasteiger partial charge in [-0.3, -0.25) is 10.1 Å². The molecule has 0 unspecified atom stereocenters. The molecule has 0 fully saturated rings. The predicted octanol–water partition coefficient (Wildman–Crippen LogP) is 4.27. The molecular weight excluding hydrogens is 376 g/mol. The van der Waals surface area contributed by atoms with E-state index < -0.39 is 18.0 Å². The number of halogens is 5. The zero-order chi connectivity index (χ0) is 16.8. The van der Waals surface area contributed by atoms with Gasteiger partial charge in [-0.2, -0.15) is 18.2 Å². The molecule has 0 atom stereocenters. The van der Waals surface area contributed by atoms with Crippen molar-refractivity contribution in [2.75, 3.05) is 5.32 Å². The molecule has 1 aromatic carbocycles. The highest BCUT2D eigenvalue weighted by atomic mass is 35.5. The third kappa shape index (κ3) is 3.12. The van der Waals surface area contributed by atoms with Crippen molar-refractivity contribution in [3.8, 4) is 11.3 Å². The van der Waals surface area contributed by atoms with E-state index in [9.17, 15) is 18.0 Å². The first kappa shape index (κ1) is 16.0. The Morgan fingerprint density at radius 2 is 2.04 bits per heavy atom. The summed E-state index contributed by atoms with van der Waals surface area (Å²) in [6.07, 6.45) is -5.01. The Bertz CT molecular complexity index is 905. The van der Waals surface area contributed by atoms with E-state index in [-0.39, 0.29) is 0 Å². The quantitative estimate of drug-likeness (QED) is 0.722. The molecule has 0 aliphatic heterocycles.